The molecule has 7 heteroatoms. The van der Waals surface area contributed by atoms with Gasteiger partial charge in [0.25, 0.3) is 0 Å². The van der Waals surface area contributed by atoms with Gasteiger partial charge < -0.3 is 15.5 Å². The van der Waals surface area contributed by atoms with Gasteiger partial charge in [-0.2, -0.15) is 0 Å². The lowest BCUT2D eigenvalue weighted by molar-refractivity contribution is -0.120. The van der Waals surface area contributed by atoms with Crippen molar-refractivity contribution in [2.75, 3.05) is 32.7 Å². The molecule has 5 nitrogen and oxygen atoms in total. The Kier molecular flexibility index (Phi) is 8.31. The predicted octanol–water partition coefficient (Wildman–Crippen LogP) is 2.94. The maximum Gasteiger partial charge on any atom is 0.224 e. The Morgan fingerprint density at radius 1 is 1.30 bits per heavy atom. The van der Waals surface area contributed by atoms with Crippen molar-refractivity contribution < 1.29 is 9.18 Å². The van der Waals surface area contributed by atoms with Crippen molar-refractivity contribution in [3.8, 4) is 0 Å². The van der Waals surface area contributed by atoms with Gasteiger partial charge in [-0.15, -0.1) is 24.0 Å². The number of rotatable bonds is 6. The number of halogens is 2. The van der Waals surface area contributed by atoms with Crippen LogP contribution in [0.15, 0.2) is 29.3 Å². The van der Waals surface area contributed by atoms with E-state index >= 15 is 0 Å². The number of likely N-dealkylation sites (tertiary alicyclic amines) is 1. The van der Waals surface area contributed by atoms with Crippen LogP contribution in [0.2, 0.25) is 0 Å². The minimum Gasteiger partial charge on any atom is -0.357 e. The van der Waals surface area contributed by atoms with E-state index in [0.29, 0.717) is 24.1 Å². The number of benzene rings is 1. The first-order valence-electron chi connectivity index (χ1n) is 9.65. The van der Waals surface area contributed by atoms with Crippen molar-refractivity contribution in [1.29, 1.82) is 0 Å². The van der Waals surface area contributed by atoms with Gasteiger partial charge in [-0.3, -0.25) is 9.79 Å². The summed E-state index contributed by atoms with van der Waals surface area (Å²) in [4.78, 5) is 19.0. The van der Waals surface area contributed by atoms with E-state index < -0.39 is 0 Å². The van der Waals surface area contributed by atoms with E-state index in [9.17, 15) is 9.18 Å². The van der Waals surface area contributed by atoms with Crippen LogP contribution in [0, 0.1) is 11.2 Å². The first-order chi connectivity index (χ1) is 12.6. The Balaban J connectivity index is 0.00000261. The van der Waals surface area contributed by atoms with Gasteiger partial charge in [-0.05, 0) is 49.3 Å². The Morgan fingerprint density at radius 3 is 2.74 bits per heavy atom. The van der Waals surface area contributed by atoms with Gasteiger partial charge in [0.05, 0.1) is 13.0 Å². The standard InChI is InChI=1S/C20H29FN4O.HI/c1-2-22-19(25-12-9-20(15-25)7-4-8-20)24-11-10-23-18(26)14-16-5-3-6-17(21)13-16;/h3,5-6,13H,2,4,7-12,14-15H2,1H3,(H,22,24)(H,23,26);1H. The summed E-state index contributed by atoms with van der Waals surface area (Å²) in [7, 11) is 0. The van der Waals surface area contributed by atoms with Gasteiger partial charge in [0.15, 0.2) is 5.96 Å². The number of hydrogen-bond donors (Lipinski definition) is 2. The lowest BCUT2D eigenvalue weighted by Gasteiger charge is -2.38. The maximum absolute atomic E-state index is 13.2. The smallest absolute Gasteiger partial charge is 0.224 e. The van der Waals surface area contributed by atoms with E-state index in [0.717, 1.165) is 25.6 Å². The molecule has 1 aliphatic carbocycles. The molecule has 0 aromatic heterocycles. The average molecular weight is 488 g/mol. The molecule has 1 saturated heterocycles. The molecule has 1 amide bonds. The fraction of sp³-hybridized carbons (Fsp3) is 0.600. The second-order valence-corrected chi connectivity index (χ2v) is 7.42. The molecule has 1 aromatic rings. The number of aliphatic imine (C=N–C) groups is 1. The largest absolute Gasteiger partial charge is 0.357 e. The van der Waals surface area contributed by atoms with Crippen molar-refractivity contribution >= 4 is 35.8 Å². The van der Waals surface area contributed by atoms with E-state index in [4.69, 9.17) is 0 Å². The lowest BCUT2D eigenvalue weighted by atomic mass is 9.68. The lowest BCUT2D eigenvalue weighted by Crippen LogP contribution is -2.43. The first-order valence-corrected chi connectivity index (χ1v) is 9.65. The number of carbonyl (C=O) groups excluding carboxylic acids is 1. The van der Waals surface area contributed by atoms with Gasteiger partial charge in [0, 0.05) is 26.2 Å². The van der Waals surface area contributed by atoms with Gasteiger partial charge in [0.2, 0.25) is 5.91 Å². The third-order valence-corrected chi connectivity index (χ3v) is 5.44. The van der Waals surface area contributed by atoms with Crippen molar-refractivity contribution in [2.45, 2.75) is 39.0 Å². The summed E-state index contributed by atoms with van der Waals surface area (Å²) in [5.41, 5.74) is 1.22. The molecule has 1 aliphatic heterocycles. The highest BCUT2D eigenvalue weighted by Gasteiger charge is 2.43. The zero-order valence-corrected chi connectivity index (χ0v) is 18.3. The maximum atomic E-state index is 13.2. The van der Waals surface area contributed by atoms with Gasteiger partial charge in [0.1, 0.15) is 5.82 Å². The zero-order chi connectivity index (χ0) is 18.4. The molecule has 27 heavy (non-hydrogen) atoms. The van der Waals surface area contributed by atoms with Gasteiger partial charge >= 0.3 is 0 Å². The molecule has 1 heterocycles. The molecule has 1 saturated carbocycles. The molecule has 2 fully saturated rings. The summed E-state index contributed by atoms with van der Waals surface area (Å²) < 4.78 is 13.2. The van der Waals surface area contributed by atoms with E-state index in [1.165, 1.54) is 37.8 Å². The second-order valence-electron chi connectivity index (χ2n) is 7.42. The number of amides is 1. The van der Waals surface area contributed by atoms with Crippen molar-refractivity contribution in [1.82, 2.24) is 15.5 Å². The van der Waals surface area contributed by atoms with Gasteiger partial charge in [-0.1, -0.05) is 18.6 Å². The topological polar surface area (TPSA) is 56.7 Å². The Bertz CT molecular complexity index is 663. The summed E-state index contributed by atoms with van der Waals surface area (Å²) in [5.74, 6) is 0.533. The van der Waals surface area contributed by atoms with E-state index in [1.54, 1.807) is 12.1 Å². The first kappa shape index (κ1) is 21.9. The summed E-state index contributed by atoms with van der Waals surface area (Å²) in [6.45, 7) is 6.12. The Morgan fingerprint density at radius 2 is 2.11 bits per heavy atom. The van der Waals surface area contributed by atoms with Crippen LogP contribution < -0.4 is 10.6 Å². The minimum atomic E-state index is -0.315. The SMILES string of the molecule is CCNC(=NCCNC(=O)Cc1cccc(F)c1)N1CCC2(CCC2)C1.I. The second kappa shape index (κ2) is 10.2. The molecule has 0 radical (unpaired) electrons. The molecule has 1 aromatic carbocycles. The molecule has 0 unspecified atom stereocenters. The average Bonchev–Trinajstić information content (AvgIpc) is 3.03. The molecule has 0 bridgehead atoms. The summed E-state index contributed by atoms with van der Waals surface area (Å²) in [6.07, 6.45) is 5.51. The van der Waals surface area contributed by atoms with Crippen LogP contribution in [-0.2, 0) is 11.2 Å². The monoisotopic (exact) mass is 488 g/mol. The quantitative estimate of drug-likeness (QED) is 0.280. The number of hydrogen-bond acceptors (Lipinski definition) is 2. The highest BCUT2D eigenvalue weighted by molar-refractivity contribution is 14.0. The van der Waals surface area contributed by atoms with Gasteiger partial charge in [-0.25, -0.2) is 4.39 Å². The van der Waals surface area contributed by atoms with Crippen LogP contribution >= 0.6 is 24.0 Å². The van der Waals surface area contributed by atoms with Crippen LogP contribution in [-0.4, -0.2) is 49.5 Å². The van der Waals surface area contributed by atoms with Crippen LogP contribution in [0.25, 0.3) is 0 Å². The number of nitrogens with zero attached hydrogens (tertiary/aromatic N) is 2. The molecule has 0 atom stereocenters. The summed E-state index contributed by atoms with van der Waals surface area (Å²) in [5, 5.41) is 6.23. The molecule has 1 spiro atoms. The fourth-order valence-corrected chi connectivity index (χ4v) is 3.88. The highest BCUT2D eigenvalue weighted by atomic mass is 127. The molecule has 2 N–H and O–H groups in total. The summed E-state index contributed by atoms with van der Waals surface area (Å²) in [6, 6.07) is 6.15. The number of guanidine groups is 1. The molecule has 2 aliphatic rings. The van der Waals surface area contributed by atoms with Crippen LogP contribution in [0.4, 0.5) is 4.39 Å². The minimum absolute atomic E-state index is 0. The third-order valence-electron chi connectivity index (χ3n) is 5.44. The van der Waals surface area contributed by atoms with Crippen LogP contribution in [0.5, 0.6) is 0 Å². The van der Waals surface area contributed by atoms with Crippen molar-refractivity contribution in [3.63, 3.8) is 0 Å². The summed E-state index contributed by atoms with van der Waals surface area (Å²) >= 11 is 0. The van der Waals surface area contributed by atoms with Crippen molar-refractivity contribution in [3.05, 3.63) is 35.6 Å². The van der Waals surface area contributed by atoms with E-state index in [2.05, 4.69) is 27.4 Å². The molecular formula is C20H30FIN4O. The third kappa shape index (κ3) is 6.05. The zero-order valence-electron chi connectivity index (χ0n) is 16.0. The van der Waals surface area contributed by atoms with E-state index in [1.807, 2.05) is 0 Å². The normalized spacial score (nSPS) is 18.0. The molecule has 150 valence electrons. The van der Waals surface area contributed by atoms with Crippen LogP contribution in [0.1, 0.15) is 38.2 Å². The molecular weight excluding hydrogens is 458 g/mol. The van der Waals surface area contributed by atoms with Crippen LogP contribution in [0.3, 0.4) is 0 Å². The van der Waals surface area contributed by atoms with E-state index in [-0.39, 0.29) is 42.1 Å². The number of carbonyl (C=O) groups is 1. The highest BCUT2D eigenvalue weighted by Crippen LogP contribution is 2.47. The number of nitrogens with one attached hydrogen (secondary N) is 2. The Hall–Kier alpha value is -1.38. The van der Waals surface area contributed by atoms with Crippen molar-refractivity contribution in [2.24, 2.45) is 10.4 Å². The fourth-order valence-electron chi connectivity index (χ4n) is 3.88. The molecule has 3 rings (SSSR count). The predicted molar refractivity (Wildman–Crippen MR) is 117 cm³/mol. The Labute approximate surface area is 178 Å².